The zero-order valence-corrected chi connectivity index (χ0v) is 7.12. The predicted octanol–water partition coefficient (Wildman–Crippen LogP) is -2.84. The summed E-state index contributed by atoms with van der Waals surface area (Å²) in [5.41, 5.74) is 0. The largest absolute Gasteiger partial charge is 1.00 e. The summed E-state index contributed by atoms with van der Waals surface area (Å²) in [5.74, 6) is 0. The van der Waals surface area contributed by atoms with Crippen molar-refractivity contribution in [3.63, 3.8) is 0 Å². The number of carbonyl (C=O) groups excluding carboxylic acids is 1. The number of carbonyl (C=O) groups is 1. The van der Waals surface area contributed by atoms with Gasteiger partial charge in [0.05, 0.1) is 0 Å². The monoisotopic (exact) mass is 122 g/mol. The van der Waals surface area contributed by atoms with E-state index in [-0.39, 0.29) is 58.0 Å². The smallest absolute Gasteiger partial charge is 1.00 e. The Morgan fingerprint density at radius 2 is 1.20 bits per heavy atom. The Morgan fingerprint density at radius 1 is 1.20 bits per heavy atom. The molecule has 0 fully saturated rings. The van der Waals surface area contributed by atoms with Gasteiger partial charge in [0.2, 0.25) is 0 Å². The summed E-state index contributed by atoms with van der Waals surface area (Å²) >= 11 is 0. The SMILES string of the molecule is C=O.S.S.[H-].[Na+]. The molecule has 0 aromatic carbocycles. The fraction of sp³-hybridized carbons (Fsp3) is 0. The van der Waals surface area contributed by atoms with Crippen LogP contribution in [0, 0.1) is 0 Å². The first-order valence-corrected chi connectivity index (χ1v) is 0.289. The molecule has 30 valence electrons. The second kappa shape index (κ2) is 54.6. The van der Waals surface area contributed by atoms with Crippen molar-refractivity contribution in [1.82, 2.24) is 0 Å². The topological polar surface area (TPSA) is 17.1 Å². The van der Waals surface area contributed by atoms with Gasteiger partial charge < -0.3 is 6.22 Å². The second-order valence-electron chi connectivity index (χ2n) is 0. The summed E-state index contributed by atoms with van der Waals surface area (Å²) in [5, 5.41) is 0. The molecule has 0 atom stereocenters. The Balaban J connectivity index is -0.000000000833. The summed E-state index contributed by atoms with van der Waals surface area (Å²) < 4.78 is 0. The molecule has 0 rings (SSSR count). The molecule has 1 nitrogen and oxygen atoms in total. The maximum Gasteiger partial charge on any atom is 1.00 e. The van der Waals surface area contributed by atoms with Gasteiger partial charge >= 0.3 is 29.6 Å². The van der Waals surface area contributed by atoms with E-state index in [2.05, 4.69) is 0 Å². The Morgan fingerprint density at radius 3 is 1.20 bits per heavy atom. The van der Waals surface area contributed by atoms with Crippen molar-refractivity contribution in [3.8, 4) is 0 Å². The molecule has 0 heterocycles. The second-order valence-corrected chi connectivity index (χ2v) is 0. The molecule has 0 aromatic rings. The van der Waals surface area contributed by atoms with Crippen LogP contribution in [0.4, 0.5) is 0 Å². The van der Waals surface area contributed by atoms with Crippen LogP contribution in [0.5, 0.6) is 0 Å². The van der Waals surface area contributed by atoms with Crippen LogP contribution in [0.3, 0.4) is 0 Å². The number of rotatable bonds is 0. The quantitative estimate of drug-likeness (QED) is 0.316. The van der Waals surface area contributed by atoms with Gasteiger partial charge in [-0.1, -0.05) is 0 Å². The van der Waals surface area contributed by atoms with Crippen molar-refractivity contribution in [3.05, 3.63) is 0 Å². The molecule has 0 N–H and O–H groups in total. The molecule has 0 aliphatic carbocycles. The number of hydrogen-bond acceptors (Lipinski definition) is 1. The van der Waals surface area contributed by atoms with Gasteiger partial charge in [-0.15, -0.1) is 0 Å². The van der Waals surface area contributed by atoms with Crippen LogP contribution in [-0.4, -0.2) is 6.79 Å². The summed E-state index contributed by atoms with van der Waals surface area (Å²) in [7, 11) is 0. The minimum atomic E-state index is 0. The fourth-order valence-electron chi connectivity index (χ4n) is 0. The van der Waals surface area contributed by atoms with Crippen molar-refractivity contribution >= 4 is 33.8 Å². The van der Waals surface area contributed by atoms with Crippen LogP contribution in [-0.2, 0) is 4.79 Å². The summed E-state index contributed by atoms with van der Waals surface area (Å²) in [6.45, 7) is 2.00. The molecule has 0 bridgehead atoms. The maximum absolute atomic E-state index is 8.00. The van der Waals surface area contributed by atoms with E-state index in [9.17, 15) is 0 Å². The molecular weight excluding hydrogens is 115 g/mol. The van der Waals surface area contributed by atoms with E-state index in [1.54, 1.807) is 0 Å². The van der Waals surface area contributed by atoms with Crippen molar-refractivity contribution in [2.24, 2.45) is 0 Å². The minimum absolute atomic E-state index is 0. The Labute approximate surface area is 69.2 Å². The van der Waals surface area contributed by atoms with Crippen LogP contribution in [0.15, 0.2) is 0 Å². The molecule has 0 radical (unpaired) electrons. The molecular formula is CH7NaOS2. The van der Waals surface area contributed by atoms with Crippen molar-refractivity contribution in [2.75, 3.05) is 0 Å². The van der Waals surface area contributed by atoms with E-state index in [1.807, 2.05) is 6.79 Å². The molecule has 0 unspecified atom stereocenters. The molecule has 0 aliphatic heterocycles. The van der Waals surface area contributed by atoms with Gasteiger partial charge in [-0.05, 0) is 0 Å². The van der Waals surface area contributed by atoms with E-state index in [0.717, 1.165) is 0 Å². The molecule has 5 heavy (non-hydrogen) atoms. The molecule has 0 aliphatic rings. The van der Waals surface area contributed by atoms with Gasteiger partial charge in [0, 0.05) is 0 Å². The van der Waals surface area contributed by atoms with Crippen molar-refractivity contribution in [1.29, 1.82) is 0 Å². The third-order valence-corrected chi connectivity index (χ3v) is 0. The first-order chi connectivity index (χ1) is 1.00. The predicted molar refractivity (Wildman–Crippen MR) is 29.0 cm³/mol. The minimum Gasteiger partial charge on any atom is -1.00 e. The van der Waals surface area contributed by atoms with Crippen molar-refractivity contribution < 1.29 is 35.8 Å². The van der Waals surface area contributed by atoms with E-state index in [1.165, 1.54) is 0 Å². The van der Waals surface area contributed by atoms with Gasteiger partial charge in [0.1, 0.15) is 6.79 Å². The molecule has 0 saturated carbocycles. The summed E-state index contributed by atoms with van der Waals surface area (Å²) in [4.78, 5) is 8.00. The maximum atomic E-state index is 8.00. The Bertz CT molecular complexity index is 13.5. The molecule has 0 amide bonds. The zero-order valence-electron chi connectivity index (χ0n) is 4.12. The summed E-state index contributed by atoms with van der Waals surface area (Å²) in [6.07, 6.45) is 0. The Hall–Kier alpha value is 1.37. The fourth-order valence-corrected chi connectivity index (χ4v) is 0. The summed E-state index contributed by atoms with van der Waals surface area (Å²) in [6, 6.07) is 0. The normalized spacial score (nSPS) is 0.800. The zero-order chi connectivity index (χ0) is 2.00. The van der Waals surface area contributed by atoms with E-state index >= 15 is 0 Å². The molecule has 0 aromatic heterocycles. The van der Waals surface area contributed by atoms with Gasteiger partial charge in [-0.3, -0.25) is 0 Å². The van der Waals surface area contributed by atoms with Crippen LogP contribution in [0.25, 0.3) is 0 Å². The number of hydrogen-bond donors (Lipinski definition) is 0. The first-order valence-electron chi connectivity index (χ1n) is 0.289. The van der Waals surface area contributed by atoms with E-state index in [0.29, 0.717) is 0 Å². The average molecular weight is 122 g/mol. The van der Waals surface area contributed by atoms with Crippen molar-refractivity contribution in [2.45, 2.75) is 0 Å². The van der Waals surface area contributed by atoms with Gasteiger partial charge in [0.15, 0.2) is 0 Å². The van der Waals surface area contributed by atoms with E-state index in [4.69, 9.17) is 4.79 Å². The van der Waals surface area contributed by atoms with Gasteiger partial charge in [-0.25, -0.2) is 0 Å². The average Bonchev–Trinajstić information content (AvgIpc) is 1.00. The third-order valence-electron chi connectivity index (χ3n) is 0. The van der Waals surface area contributed by atoms with Crippen LogP contribution >= 0.6 is 27.0 Å². The van der Waals surface area contributed by atoms with Gasteiger partial charge in [0.25, 0.3) is 0 Å². The van der Waals surface area contributed by atoms with Crippen LogP contribution < -0.4 is 29.6 Å². The first kappa shape index (κ1) is 32.7. The third kappa shape index (κ3) is 32.5. The van der Waals surface area contributed by atoms with E-state index < -0.39 is 0 Å². The van der Waals surface area contributed by atoms with Gasteiger partial charge in [-0.2, -0.15) is 27.0 Å². The molecule has 4 heteroatoms. The standard InChI is InChI=1S/CH2O.Na.2H2S.H/c1-2;;;;/h1H2;;2*1H2;/q;+1;;;-1. The van der Waals surface area contributed by atoms with Crippen LogP contribution in [0.1, 0.15) is 1.43 Å². The molecule has 0 spiro atoms. The Kier molecular flexibility index (Phi) is 357. The van der Waals surface area contributed by atoms with Crippen LogP contribution in [0.2, 0.25) is 0 Å². The molecule has 0 saturated heterocycles.